The molecule has 10 nitrogen and oxygen atoms in total. The number of aromatic nitrogens is 4. The highest BCUT2D eigenvalue weighted by atomic mass is 16.5. The second kappa shape index (κ2) is 10.8. The fourth-order valence-corrected chi connectivity index (χ4v) is 7.05. The molecule has 0 unspecified atom stereocenters. The molecule has 1 saturated carbocycles. The molecule has 0 radical (unpaired) electrons. The number of ether oxygens (including phenoxy) is 1. The third kappa shape index (κ3) is 5.05. The van der Waals surface area contributed by atoms with E-state index in [1.807, 2.05) is 29.3 Å². The first kappa shape index (κ1) is 27.4. The first-order valence-electron chi connectivity index (χ1n) is 15.9. The van der Waals surface area contributed by atoms with Gasteiger partial charge >= 0.3 is 0 Å². The molecule has 0 spiro atoms. The Labute approximate surface area is 256 Å². The molecule has 10 heteroatoms. The van der Waals surface area contributed by atoms with Gasteiger partial charge in [-0.15, -0.1) is 0 Å². The lowest BCUT2D eigenvalue weighted by Crippen LogP contribution is -2.51. The topological polar surface area (TPSA) is 108 Å². The van der Waals surface area contributed by atoms with E-state index in [1.165, 1.54) is 5.01 Å². The van der Waals surface area contributed by atoms with Crippen LogP contribution in [-0.2, 0) is 0 Å². The van der Waals surface area contributed by atoms with Crippen molar-refractivity contribution >= 4 is 22.7 Å². The quantitative estimate of drug-likeness (QED) is 0.298. The Morgan fingerprint density at radius 1 is 0.909 bits per heavy atom. The summed E-state index contributed by atoms with van der Waals surface area (Å²) in [4.78, 5) is 37.6. The molecule has 4 aliphatic rings. The Bertz CT molecular complexity index is 1700. The second-order valence-electron chi connectivity index (χ2n) is 13.1. The van der Waals surface area contributed by atoms with Gasteiger partial charge in [0.1, 0.15) is 23.4 Å². The van der Waals surface area contributed by atoms with Gasteiger partial charge in [0, 0.05) is 36.6 Å². The molecule has 3 fully saturated rings. The normalized spacial score (nSPS) is 21.2. The summed E-state index contributed by atoms with van der Waals surface area (Å²) in [6, 6.07) is 15.3. The molecule has 5 heterocycles. The van der Waals surface area contributed by atoms with Crippen molar-refractivity contribution in [2.75, 3.05) is 32.7 Å². The average molecular weight is 592 g/mol. The highest BCUT2D eigenvalue weighted by Gasteiger charge is 2.41. The van der Waals surface area contributed by atoms with Crippen LogP contribution in [0.2, 0.25) is 0 Å². The second-order valence-corrected chi connectivity index (χ2v) is 13.1. The van der Waals surface area contributed by atoms with Gasteiger partial charge in [-0.05, 0) is 101 Å². The fourth-order valence-electron chi connectivity index (χ4n) is 7.05. The molecule has 2 saturated heterocycles. The predicted molar refractivity (Wildman–Crippen MR) is 165 cm³/mol. The zero-order valence-electron chi connectivity index (χ0n) is 25.0. The first-order chi connectivity index (χ1) is 21.4. The Hall–Kier alpha value is -4.15. The van der Waals surface area contributed by atoms with Crippen molar-refractivity contribution in [2.24, 2.45) is 5.92 Å². The molecule has 8 rings (SSSR count). The number of likely N-dealkylation sites (tertiary alicyclic amines) is 1. The molecule has 4 aromatic rings. The number of hydrogen-bond acceptors (Lipinski definition) is 8. The van der Waals surface area contributed by atoms with Crippen molar-refractivity contribution in [3.05, 3.63) is 71.7 Å². The molecule has 1 N–H and O–H groups in total. The summed E-state index contributed by atoms with van der Waals surface area (Å²) in [6.07, 6.45) is 7.93. The van der Waals surface area contributed by atoms with Crippen LogP contribution in [0.15, 0.2) is 54.9 Å². The maximum absolute atomic E-state index is 12.9. The number of hydrogen-bond donors (Lipinski definition) is 1. The molecular weight excluding hydrogens is 554 g/mol. The van der Waals surface area contributed by atoms with E-state index in [9.17, 15) is 9.59 Å². The standard InChI is InChI=1S/C34H37N7O3/c1-34(12-13-34)44-24-6-7-28-27(18-24)31(38-37-28)30-19-29(35-21-36-30)23-10-14-39(15-11-23)20-22-8-16-40(17-9-22)41-32(42)25-4-2-3-5-26(25)33(41)43/h2-7,18-19,21-23H,8-17,20H2,1H3,(H,37,38). The largest absolute Gasteiger partial charge is 0.488 e. The van der Waals surface area contributed by atoms with Gasteiger partial charge in [0.15, 0.2) is 0 Å². The van der Waals surface area contributed by atoms with Crippen molar-refractivity contribution in [1.82, 2.24) is 35.1 Å². The Morgan fingerprint density at radius 2 is 1.64 bits per heavy atom. The third-order valence-electron chi connectivity index (χ3n) is 9.95. The van der Waals surface area contributed by atoms with Crippen LogP contribution in [0.25, 0.3) is 22.3 Å². The molecule has 44 heavy (non-hydrogen) atoms. The van der Waals surface area contributed by atoms with Crippen molar-refractivity contribution < 1.29 is 14.3 Å². The number of nitrogens with zero attached hydrogens (tertiary/aromatic N) is 6. The van der Waals surface area contributed by atoms with E-state index in [0.29, 0.717) is 23.0 Å². The van der Waals surface area contributed by atoms with Gasteiger partial charge in [0.25, 0.3) is 11.8 Å². The SMILES string of the molecule is CC1(Oc2ccc3[nH]nc(-c4cc(C5CCN(CC6CCN(N7C(=O)c8ccccc8C7=O)CC6)CC5)ncn4)c3c2)CC1. The lowest BCUT2D eigenvalue weighted by atomic mass is 9.90. The summed E-state index contributed by atoms with van der Waals surface area (Å²) in [7, 11) is 0. The van der Waals surface area contributed by atoms with E-state index in [2.05, 4.69) is 44.1 Å². The van der Waals surface area contributed by atoms with Gasteiger partial charge in [-0.3, -0.25) is 14.7 Å². The molecule has 226 valence electrons. The summed E-state index contributed by atoms with van der Waals surface area (Å²) in [5.74, 6) is 1.44. The molecule has 0 atom stereocenters. The predicted octanol–water partition coefficient (Wildman–Crippen LogP) is 5.05. The summed E-state index contributed by atoms with van der Waals surface area (Å²) < 4.78 is 6.20. The number of piperidine rings is 2. The van der Waals surface area contributed by atoms with Crippen molar-refractivity contribution in [3.8, 4) is 17.1 Å². The minimum absolute atomic E-state index is 0.0341. The first-order valence-corrected chi connectivity index (χ1v) is 15.9. The van der Waals surface area contributed by atoms with E-state index in [1.54, 1.807) is 18.5 Å². The van der Waals surface area contributed by atoms with Crippen molar-refractivity contribution in [2.45, 2.75) is 57.0 Å². The Morgan fingerprint density at radius 3 is 2.34 bits per heavy atom. The van der Waals surface area contributed by atoms with Crippen LogP contribution < -0.4 is 4.74 Å². The Balaban J connectivity index is 0.867. The average Bonchev–Trinajstić information content (AvgIpc) is 3.53. The van der Waals surface area contributed by atoms with Crippen molar-refractivity contribution in [3.63, 3.8) is 0 Å². The van der Waals surface area contributed by atoms with Gasteiger partial charge in [0.2, 0.25) is 0 Å². The smallest absolute Gasteiger partial charge is 0.276 e. The number of aromatic amines is 1. The van der Waals surface area contributed by atoms with Crippen LogP contribution >= 0.6 is 0 Å². The van der Waals surface area contributed by atoms with Crippen LogP contribution in [-0.4, -0.2) is 85.2 Å². The number of benzene rings is 2. The molecule has 0 bridgehead atoms. The van der Waals surface area contributed by atoms with Gasteiger partial charge in [-0.1, -0.05) is 12.1 Å². The number of imide groups is 1. The van der Waals surface area contributed by atoms with Gasteiger partial charge < -0.3 is 9.64 Å². The minimum Gasteiger partial charge on any atom is -0.488 e. The molecule has 2 aromatic carbocycles. The number of H-pyrrole nitrogens is 1. The van der Waals surface area contributed by atoms with E-state index < -0.39 is 0 Å². The van der Waals surface area contributed by atoms with Crippen LogP contribution in [0.5, 0.6) is 5.75 Å². The zero-order valence-corrected chi connectivity index (χ0v) is 25.0. The summed E-state index contributed by atoms with van der Waals surface area (Å²) >= 11 is 0. The minimum atomic E-state index is -0.193. The molecule has 2 aromatic heterocycles. The number of carbonyl (C=O) groups is 2. The maximum Gasteiger partial charge on any atom is 0.276 e. The summed E-state index contributed by atoms with van der Waals surface area (Å²) in [5, 5.41) is 12.1. The van der Waals surface area contributed by atoms with Crippen LogP contribution in [0, 0.1) is 5.92 Å². The van der Waals surface area contributed by atoms with E-state index in [0.717, 1.165) is 105 Å². The van der Waals surface area contributed by atoms with Gasteiger partial charge in [-0.2, -0.15) is 5.10 Å². The maximum atomic E-state index is 12.9. The number of amides is 2. The number of nitrogens with one attached hydrogen (secondary N) is 1. The highest BCUT2D eigenvalue weighted by molar-refractivity contribution is 6.20. The van der Waals surface area contributed by atoms with Gasteiger partial charge in [0.05, 0.1) is 22.3 Å². The molecular formula is C34H37N7O3. The zero-order chi connectivity index (χ0) is 29.8. The van der Waals surface area contributed by atoms with Crippen LogP contribution in [0.1, 0.15) is 77.8 Å². The number of carbonyl (C=O) groups excluding carboxylic acids is 2. The highest BCUT2D eigenvalue weighted by Crippen LogP contribution is 2.41. The molecule has 3 aliphatic heterocycles. The monoisotopic (exact) mass is 591 g/mol. The van der Waals surface area contributed by atoms with Crippen LogP contribution in [0.4, 0.5) is 0 Å². The van der Waals surface area contributed by atoms with Crippen LogP contribution in [0.3, 0.4) is 0 Å². The summed E-state index contributed by atoms with van der Waals surface area (Å²) in [6.45, 7) is 6.73. The number of rotatable bonds is 7. The van der Waals surface area contributed by atoms with E-state index in [-0.39, 0.29) is 17.4 Å². The molecule has 1 aliphatic carbocycles. The fraction of sp³-hybridized carbons (Fsp3) is 0.441. The molecule has 2 amide bonds. The summed E-state index contributed by atoms with van der Waals surface area (Å²) in [5.41, 5.74) is 4.71. The lowest BCUT2D eigenvalue weighted by molar-refractivity contribution is -0.0170. The van der Waals surface area contributed by atoms with E-state index in [4.69, 9.17) is 4.74 Å². The Kier molecular flexibility index (Phi) is 6.71. The third-order valence-corrected chi connectivity index (χ3v) is 9.95. The number of fused-ring (bicyclic) bond motifs is 2. The number of hydrazine groups is 1. The van der Waals surface area contributed by atoms with E-state index >= 15 is 0 Å². The van der Waals surface area contributed by atoms with Gasteiger partial charge in [-0.25, -0.2) is 20.0 Å². The van der Waals surface area contributed by atoms with Crippen molar-refractivity contribution in [1.29, 1.82) is 0 Å². The lowest BCUT2D eigenvalue weighted by Gasteiger charge is -2.39.